The molecule has 0 amide bonds. The third-order valence-electron chi connectivity index (χ3n) is 4.19. The summed E-state index contributed by atoms with van der Waals surface area (Å²) in [6.07, 6.45) is 1.58. The van der Waals surface area contributed by atoms with E-state index in [-0.39, 0.29) is 29.7 Å². The Morgan fingerprint density at radius 1 is 1.11 bits per heavy atom. The van der Waals surface area contributed by atoms with Crippen molar-refractivity contribution >= 4 is 10.9 Å². The van der Waals surface area contributed by atoms with Crippen molar-refractivity contribution in [1.82, 2.24) is 4.57 Å². The van der Waals surface area contributed by atoms with Crippen molar-refractivity contribution in [2.75, 3.05) is 6.61 Å². The van der Waals surface area contributed by atoms with Gasteiger partial charge in [0.15, 0.2) is 5.75 Å². The van der Waals surface area contributed by atoms with Crippen molar-refractivity contribution in [3.05, 3.63) is 77.1 Å². The van der Waals surface area contributed by atoms with Gasteiger partial charge in [0.1, 0.15) is 19.0 Å². The highest BCUT2D eigenvalue weighted by atomic mass is 16.5. The van der Waals surface area contributed by atoms with Crippen molar-refractivity contribution in [2.24, 2.45) is 0 Å². The van der Waals surface area contributed by atoms with Crippen LogP contribution in [0.4, 0.5) is 0 Å². The zero-order valence-corrected chi connectivity index (χ0v) is 15.5. The quantitative estimate of drug-likeness (QED) is 0.629. The van der Waals surface area contributed by atoms with E-state index in [4.69, 9.17) is 9.47 Å². The van der Waals surface area contributed by atoms with Gasteiger partial charge in [-0.1, -0.05) is 43.0 Å². The fourth-order valence-electron chi connectivity index (χ4n) is 3.00. The van der Waals surface area contributed by atoms with E-state index in [2.05, 4.69) is 6.58 Å². The number of nitrogens with zero attached hydrogens (tertiary/aromatic N) is 1. The van der Waals surface area contributed by atoms with Gasteiger partial charge in [0, 0.05) is 17.5 Å². The molecule has 27 heavy (non-hydrogen) atoms. The maximum absolute atomic E-state index is 13.1. The summed E-state index contributed by atoms with van der Waals surface area (Å²) in [7, 11) is 0. The van der Waals surface area contributed by atoms with Crippen LogP contribution in [-0.4, -0.2) is 16.3 Å². The second-order valence-electron chi connectivity index (χ2n) is 6.50. The van der Waals surface area contributed by atoms with Gasteiger partial charge in [-0.05, 0) is 31.5 Å². The Bertz CT molecular complexity index is 1010. The number of ether oxygens (including phenoxy) is 2. The van der Waals surface area contributed by atoms with E-state index in [0.29, 0.717) is 23.3 Å². The number of aromatic hydroxyl groups is 1. The summed E-state index contributed by atoms with van der Waals surface area (Å²) < 4.78 is 13.3. The van der Waals surface area contributed by atoms with Crippen LogP contribution in [0.25, 0.3) is 10.9 Å². The van der Waals surface area contributed by atoms with Crippen LogP contribution in [0.5, 0.6) is 17.2 Å². The molecule has 3 aromatic rings. The number of hydrogen-bond donors (Lipinski definition) is 1. The van der Waals surface area contributed by atoms with Gasteiger partial charge < -0.3 is 19.1 Å². The van der Waals surface area contributed by atoms with Gasteiger partial charge in [0.2, 0.25) is 5.75 Å². The predicted molar refractivity (Wildman–Crippen MR) is 107 cm³/mol. The number of phenols is 1. The third kappa shape index (κ3) is 3.82. The topological polar surface area (TPSA) is 60.7 Å². The lowest BCUT2D eigenvalue weighted by atomic mass is 10.1. The summed E-state index contributed by atoms with van der Waals surface area (Å²) >= 11 is 0. The number of fused-ring (bicyclic) bond motifs is 1. The van der Waals surface area contributed by atoms with Crippen molar-refractivity contribution in [3.8, 4) is 17.2 Å². The van der Waals surface area contributed by atoms with Crippen LogP contribution in [-0.2, 0) is 6.61 Å². The second kappa shape index (κ2) is 7.99. The van der Waals surface area contributed by atoms with E-state index in [1.807, 2.05) is 44.2 Å². The van der Waals surface area contributed by atoms with Gasteiger partial charge in [-0.15, -0.1) is 0 Å². The third-order valence-corrected chi connectivity index (χ3v) is 4.19. The fourth-order valence-corrected chi connectivity index (χ4v) is 3.00. The zero-order valence-electron chi connectivity index (χ0n) is 15.5. The molecule has 1 heterocycles. The van der Waals surface area contributed by atoms with Gasteiger partial charge >= 0.3 is 0 Å². The maximum Gasteiger partial charge on any atom is 0.297 e. The Morgan fingerprint density at radius 2 is 1.85 bits per heavy atom. The molecule has 0 saturated carbocycles. The van der Waals surface area contributed by atoms with Gasteiger partial charge in [-0.2, -0.15) is 0 Å². The minimum atomic E-state index is -0.298. The monoisotopic (exact) mass is 365 g/mol. The lowest BCUT2D eigenvalue weighted by Crippen LogP contribution is -2.25. The molecule has 0 aliphatic heterocycles. The zero-order chi connectivity index (χ0) is 19.4. The molecular weight excluding hydrogens is 342 g/mol. The number of benzene rings is 2. The summed E-state index contributed by atoms with van der Waals surface area (Å²) in [6, 6.07) is 14.5. The van der Waals surface area contributed by atoms with Gasteiger partial charge in [0.05, 0.1) is 5.52 Å². The smallest absolute Gasteiger partial charge is 0.297 e. The van der Waals surface area contributed by atoms with Crippen molar-refractivity contribution in [1.29, 1.82) is 0 Å². The molecule has 0 fully saturated rings. The summed E-state index contributed by atoms with van der Waals surface area (Å²) in [5.74, 6) is 0.611. The minimum absolute atomic E-state index is 0.0880. The average molecular weight is 365 g/mol. The highest BCUT2D eigenvalue weighted by Gasteiger charge is 2.21. The van der Waals surface area contributed by atoms with Crippen LogP contribution in [0, 0.1) is 0 Å². The van der Waals surface area contributed by atoms with E-state index in [1.54, 1.807) is 28.8 Å². The molecule has 140 valence electrons. The van der Waals surface area contributed by atoms with Crippen LogP contribution < -0.4 is 15.0 Å². The molecule has 1 aromatic heterocycles. The summed E-state index contributed by atoms with van der Waals surface area (Å²) in [5, 5.41) is 10.6. The van der Waals surface area contributed by atoms with E-state index in [9.17, 15) is 9.90 Å². The summed E-state index contributed by atoms with van der Waals surface area (Å²) in [4.78, 5) is 13.1. The fraction of sp³-hybridized carbons (Fsp3) is 0.227. The molecule has 0 unspecified atom stereocenters. The average Bonchev–Trinajstić information content (AvgIpc) is 2.65. The Kier molecular flexibility index (Phi) is 5.50. The molecule has 5 heteroatoms. The molecule has 0 aliphatic rings. The summed E-state index contributed by atoms with van der Waals surface area (Å²) in [5.41, 5.74) is 1.28. The summed E-state index contributed by atoms with van der Waals surface area (Å²) in [6.45, 7) is 7.96. The van der Waals surface area contributed by atoms with Crippen LogP contribution in [0.1, 0.15) is 25.5 Å². The molecule has 0 radical (unpaired) electrons. The molecular formula is C22H23NO4. The van der Waals surface area contributed by atoms with E-state index in [0.717, 1.165) is 5.56 Å². The van der Waals surface area contributed by atoms with Crippen molar-refractivity contribution in [2.45, 2.75) is 26.5 Å². The number of rotatable bonds is 7. The molecule has 2 aromatic carbocycles. The predicted octanol–water partition coefficient (Wildman–Crippen LogP) is 4.43. The first-order valence-electron chi connectivity index (χ1n) is 8.84. The highest BCUT2D eigenvalue weighted by Crippen LogP contribution is 2.36. The highest BCUT2D eigenvalue weighted by molar-refractivity contribution is 5.89. The second-order valence-corrected chi connectivity index (χ2v) is 6.50. The number of aromatic nitrogens is 1. The lowest BCUT2D eigenvalue weighted by Gasteiger charge is -2.20. The van der Waals surface area contributed by atoms with Crippen LogP contribution in [0.2, 0.25) is 0 Å². The van der Waals surface area contributed by atoms with Crippen LogP contribution in [0.15, 0.2) is 66.0 Å². The van der Waals surface area contributed by atoms with Crippen molar-refractivity contribution in [3.63, 3.8) is 0 Å². The van der Waals surface area contributed by atoms with E-state index in [1.165, 1.54) is 0 Å². The molecule has 3 rings (SSSR count). The Hall–Kier alpha value is -3.21. The van der Waals surface area contributed by atoms with Gasteiger partial charge in [-0.3, -0.25) is 4.79 Å². The maximum atomic E-state index is 13.1. The molecule has 5 nitrogen and oxygen atoms in total. The largest absolute Gasteiger partial charge is 0.508 e. The minimum Gasteiger partial charge on any atom is -0.508 e. The lowest BCUT2D eigenvalue weighted by molar-refractivity contribution is 0.274. The van der Waals surface area contributed by atoms with Gasteiger partial charge in [0.25, 0.3) is 5.56 Å². The Balaban J connectivity index is 2.20. The van der Waals surface area contributed by atoms with Crippen LogP contribution in [0.3, 0.4) is 0 Å². The first kappa shape index (κ1) is 18.6. The van der Waals surface area contributed by atoms with Crippen molar-refractivity contribution < 1.29 is 14.6 Å². The van der Waals surface area contributed by atoms with E-state index >= 15 is 0 Å². The van der Waals surface area contributed by atoms with E-state index < -0.39 is 0 Å². The van der Waals surface area contributed by atoms with Gasteiger partial charge in [-0.25, -0.2) is 0 Å². The van der Waals surface area contributed by atoms with Crippen LogP contribution >= 0.6 is 0 Å². The molecule has 0 saturated heterocycles. The number of phenolic OH excluding ortho intramolecular Hbond substituents is 1. The molecule has 0 aliphatic carbocycles. The normalized spacial score (nSPS) is 10.9. The first-order chi connectivity index (χ1) is 13.0. The SMILES string of the molecule is C=CCOc1c(OCc2ccccc2)c2ccc(O)cc2n(C(C)C)c1=O. The standard InChI is InChI=1S/C22H23NO4/c1-4-12-26-21-20(27-14-16-8-6-5-7-9-16)18-11-10-17(24)13-19(18)23(15(2)3)22(21)25/h4-11,13,15,24H,1,12,14H2,2-3H3. The molecule has 1 N–H and O–H groups in total. The molecule has 0 spiro atoms. The molecule has 0 bridgehead atoms. The molecule has 0 atom stereocenters. The number of hydrogen-bond acceptors (Lipinski definition) is 4. The number of pyridine rings is 1. The first-order valence-corrected chi connectivity index (χ1v) is 8.84. The Morgan fingerprint density at radius 3 is 2.52 bits per heavy atom. The Labute approximate surface area is 158 Å².